The van der Waals surface area contributed by atoms with Crippen molar-refractivity contribution in [1.29, 1.82) is 0 Å². The molecule has 1 atom stereocenters. The number of para-hydroxylation sites is 1. The fourth-order valence-electron chi connectivity index (χ4n) is 2.83. The highest BCUT2D eigenvalue weighted by Gasteiger charge is 2.10. The van der Waals surface area contributed by atoms with Crippen molar-refractivity contribution in [3.05, 3.63) is 60.2 Å². The fraction of sp³-hybridized carbons (Fsp3) is 0.409. The van der Waals surface area contributed by atoms with Gasteiger partial charge in [-0.1, -0.05) is 30.3 Å². The van der Waals surface area contributed by atoms with E-state index in [4.69, 9.17) is 4.99 Å². The molecule has 158 valence electrons. The normalized spacial score (nSPS) is 13.0. The van der Waals surface area contributed by atoms with Crippen LogP contribution in [-0.4, -0.2) is 53.4 Å². The molecule has 0 spiro atoms. The van der Waals surface area contributed by atoms with E-state index in [9.17, 15) is 8.42 Å². The lowest BCUT2D eigenvalue weighted by Crippen LogP contribution is -2.40. The van der Waals surface area contributed by atoms with Gasteiger partial charge in [0.25, 0.3) is 0 Å². The Labute approximate surface area is 175 Å². The van der Waals surface area contributed by atoms with E-state index in [0.29, 0.717) is 18.0 Å². The number of benzene rings is 2. The molecule has 2 N–H and O–H groups in total. The summed E-state index contributed by atoms with van der Waals surface area (Å²) in [6, 6.07) is 17.6. The van der Waals surface area contributed by atoms with E-state index in [0.717, 1.165) is 24.5 Å². The van der Waals surface area contributed by atoms with E-state index in [1.165, 1.54) is 11.9 Å². The summed E-state index contributed by atoms with van der Waals surface area (Å²) in [5.41, 5.74) is 2.25. The molecule has 0 aromatic heterocycles. The summed E-state index contributed by atoms with van der Waals surface area (Å²) in [5.74, 6) is 0.786. The third kappa shape index (κ3) is 7.42. The number of likely N-dealkylation sites (N-methyl/N-ethyl adjacent to an activating group) is 1. The SMILES string of the molecule is CCNC(=NCC(C)N(C)c1ccccc1)NCCc1ccc(S(C)(=O)=O)cc1. The van der Waals surface area contributed by atoms with Gasteiger partial charge in [0.15, 0.2) is 15.8 Å². The molecule has 0 radical (unpaired) electrons. The van der Waals surface area contributed by atoms with Gasteiger partial charge in [0.1, 0.15) is 0 Å². The van der Waals surface area contributed by atoms with Crippen LogP contribution in [0.25, 0.3) is 0 Å². The Balaban J connectivity index is 1.88. The Morgan fingerprint density at radius 1 is 1.07 bits per heavy atom. The number of guanidine groups is 1. The van der Waals surface area contributed by atoms with Gasteiger partial charge in [-0.05, 0) is 50.1 Å². The van der Waals surface area contributed by atoms with Gasteiger partial charge in [-0.2, -0.15) is 0 Å². The number of nitrogens with zero attached hydrogens (tertiary/aromatic N) is 2. The van der Waals surface area contributed by atoms with Gasteiger partial charge in [-0.15, -0.1) is 0 Å². The number of hydrogen-bond acceptors (Lipinski definition) is 4. The van der Waals surface area contributed by atoms with Crippen molar-refractivity contribution < 1.29 is 8.42 Å². The highest BCUT2D eigenvalue weighted by Crippen LogP contribution is 2.14. The lowest BCUT2D eigenvalue weighted by atomic mass is 10.1. The second kappa shape index (κ2) is 10.9. The predicted molar refractivity (Wildman–Crippen MR) is 122 cm³/mol. The van der Waals surface area contributed by atoms with Gasteiger partial charge < -0.3 is 15.5 Å². The van der Waals surface area contributed by atoms with Crippen molar-refractivity contribution in [1.82, 2.24) is 10.6 Å². The van der Waals surface area contributed by atoms with Crippen LogP contribution in [0.4, 0.5) is 5.69 Å². The molecule has 2 rings (SSSR count). The standard InChI is InChI=1S/C22H32N4O2S/c1-5-23-22(25-17-18(2)26(3)20-9-7-6-8-10-20)24-16-15-19-11-13-21(14-12-19)29(4,27)28/h6-14,18H,5,15-17H2,1-4H3,(H2,23,24,25). The monoisotopic (exact) mass is 416 g/mol. The van der Waals surface area contributed by atoms with Crippen LogP contribution in [0.3, 0.4) is 0 Å². The van der Waals surface area contributed by atoms with Crippen molar-refractivity contribution in [3.8, 4) is 0 Å². The minimum atomic E-state index is -3.15. The van der Waals surface area contributed by atoms with E-state index < -0.39 is 9.84 Å². The van der Waals surface area contributed by atoms with E-state index in [2.05, 4.69) is 41.6 Å². The largest absolute Gasteiger partial charge is 0.370 e. The van der Waals surface area contributed by atoms with E-state index in [1.54, 1.807) is 12.1 Å². The first-order valence-electron chi connectivity index (χ1n) is 9.90. The lowest BCUT2D eigenvalue weighted by molar-refractivity contribution is 0.602. The summed E-state index contributed by atoms with van der Waals surface area (Å²) >= 11 is 0. The van der Waals surface area contributed by atoms with Crippen LogP contribution >= 0.6 is 0 Å². The number of rotatable bonds is 9. The average Bonchev–Trinajstić information content (AvgIpc) is 2.71. The van der Waals surface area contributed by atoms with Crippen molar-refractivity contribution in [2.24, 2.45) is 4.99 Å². The molecule has 0 saturated heterocycles. The van der Waals surface area contributed by atoms with E-state index in [-0.39, 0.29) is 6.04 Å². The van der Waals surface area contributed by atoms with E-state index >= 15 is 0 Å². The molecule has 0 aliphatic rings. The van der Waals surface area contributed by atoms with Gasteiger partial charge >= 0.3 is 0 Å². The number of hydrogen-bond donors (Lipinski definition) is 2. The van der Waals surface area contributed by atoms with Crippen LogP contribution in [0.15, 0.2) is 64.5 Å². The third-order valence-corrected chi connectivity index (χ3v) is 5.87. The molecule has 0 amide bonds. The maximum Gasteiger partial charge on any atom is 0.191 e. The first-order valence-corrected chi connectivity index (χ1v) is 11.8. The molecule has 7 heteroatoms. The fourth-order valence-corrected chi connectivity index (χ4v) is 3.46. The number of nitrogens with one attached hydrogen (secondary N) is 2. The van der Waals surface area contributed by atoms with Crippen molar-refractivity contribution in [3.63, 3.8) is 0 Å². The highest BCUT2D eigenvalue weighted by molar-refractivity contribution is 7.90. The minimum Gasteiger partial charge on any atom is -0.370 e. The molecule has 2 aromatic rings. The molecule has 1 unspecified atom stereocenters. The Kier molecular flexibility index (Phi) is 8.51. The summed E-state index contributed by atoms with van der Waals surface area (Å²) in [5, 5.41) is 6.62. The quantitative estimate of drug-likeness (QED) is 0.486. The highest BCUT2D eigenvalue weighted by atomic mass is 32.2. The Hall–Kier alpha value is -2.54. The van der Waals surface area contributed by atoms with Crippen LogP contribution in [0.2, 0.25) is 0 Å². The number of sulfone groups is 1. The second-order valence-electron chi connectivity index (χ2n) is 7.11. The molecule has 0 fully saturated rings. The van der Waals surface area contributed by atoms with Crippen LogP contribution in [0.1, 0.15) is 19.4 Å². The Morgan fingerprint density at radius 3 is 2.31 bits per heavy atom. The summed E-state index contributed by atoms with van der Waals surface area (Å²) in [7, 11) is -1.07. The summed E-state index contributed by atoms with van der Waals surface area (Å²) in [6.07, 6.45) is 2.01. The molecule has 0 heterocycles. The van der Waals surface area contributed by atoms with Gasteiger partial charge in [-0.3, -0.25) is 4.99 Å². The average molecular weight is 417 g/mol. The Morgan fingerprint density at radius 2 is 1.72 bits per heavy atom. The first-order chi connectivity index (χ1) is 13.8. The van der Waals surface area contributed by atoms with Crippen LogP contribution in [-0.2, 0) is 16.3 Å². The summed E-state index contributed by atoms with van der Waals surface area (Å²) in [4.78, 5) is 7.28. The molecule has 0 aliphatic heterocycles. The van der Waals surface area contributed by atoms with Gasteiger partial charge in [0, 0.05) is 38.1 Å². The van der Waals surface area contributed by atoms with Crippen LogP contribution in [0.5, 0.6) is 0 Å². The summed E-state index contributed by atoms with van der Waals surface area (Å²) in [6.45, 7) is 6.37. The summed E-state index contributed by atoms with van der Waals surface area (Å²) < 4.78 is 23.1. The predicted octanol–water partition coefficient (Wildman–Crippen LogP) is 2.71. The zero-order valence-corrected chi connectivity index (χ0v) is 18.5. The molecule has 0 saturated carbocycles. The molecule has 29 heavy (non-hydrogen) atoms. The molecule has 0 bridgehead atoms. The molecule has 6 nitrogen and oxygen atoms in total. The maximum absolute atomic E-state index is 11.5. The molecule has 2 aromatic carbocycles. The smallest absolute Gasteiger partial charge is 0.191 e. The van der Waals surface area contributed by atoms with Crippen molar-refractivity contribution in [2.45, 2.75) is 31.2 Å². The number of aliphatic imine (C=N–C) groups is 1. The zero-order valence-electron chi connectivity index (χ0n) is 17.7. The van der Waals surface area contributed by atoms with E-state index in [1.807, 2.05) is 37.3 Å². The van der Waals surface area contributed by atoms with Crippen molar-refractivity contribution >= 4 is 21.5 Å². The van der Waals surface area contributed by atoms with Crippen LogP contribution in [0, 0.1) is 0 Å². The van der Waals surface area contributed by atoms with Crippen molar-refractivity contribution in [2.75, 3.05) is 37.8 Å². The third-order valence-electron chi connectivity index (χ3n) is 4.74. The number of anilines is 1. The van der Waals surface area contributed by atoms with Gasteiger partial charge in [0.2, 0.25) is 0 Å². The van der Waals surface area contributed by atoms with Gasteiger partial charge in [0.05, 0.1) is 11.4 Å². The zero-order chi connectivity index (χ0) is 21.3. The minimum absolute atomic E-state index is 0.261. The lowest BCUT2D eigenvalue weighted by Gasteiger charge is -2.26. The van der Waals surface area contributed by atoms with Crippen LogP contribution < -0.4 is 15.5 Å². The Bertz CT molecular complexity index is 881. The molecule has 0 aliphatic carbocycles. The first kappa shape index (κ1) is 22.7. The molecular formula is C22H32N4O2S. The van der Waals surface area contributed by atoms with Gasteiger partial charge in [-0.25, -0.2) is 8.42 Å². The second-order valence-corrected chi connectivity index (χ2v) is 9.12. The maximum atomic E-state index is 11.5. The molecular weight excluding hydrogens is 384 g/mol. The topological polar surface area (TPSA) is 73.8 Å².